The number of aromatic nitrogens is 2. The Morgan fingerprint density at radius 3 is 1.86 bits per heavy atom. The van der Waals surface area contributed by atoms with Crippen molar-refractivity contribution in [1.82, 2.24) is 9.97 Å². The van der Waals surface area contributed by atoms with Crippen molar-refractivity contribution in [2.24, 2.45) is 0 Å². The van der Waals surface area contributed by atoms with Crippen LogP contribution >= 0.6 is 0 Å². The van der Waals surface area contributed by atoms with E-state index in [1.54, 1.807) is 0 Å². The molecule has 0 amide bonds. The molecular formula is C25H25FeN3+2. The predicted molar refractivity (Wildman–Crippen MR) is 115 cm³/mol. The third-order valence-corrected chi connectivity index (χ3v) is 4.94. The fourth-order valence-electron chi connectivity index (χ4n) is 3.44. The average molecular weight is 423 g/mol. The molecule has 0 unspecified atom stereocenters. The van der Waals surface area contributed by atoms with Gasteiger partial charge in [0.05, 0.1) is 11.4 Å². The van der Waals surface area contributed by atoms with E-state index in [4.69, 9.17) is 9.97 Å². The third-order valence-electron chi connectivity index (χ3n) is 4.94. The molecule has 2 aromatic rings. The van der Waals surface area contributed by atoms with Crippen LogP contribution in [0.5, 0.6) is 0 Å². The number of hydrogen-bond acceptors (Lipinski definition) is 3. The molecule has 29 heavy (non-hydrogen) atoms. The fraction of sp³-hybridized carbons (Fsp3) is 0.200. The van der Waals surface area contributed by atoms with Crippen LogP contribution in [-0.4, -0.2) is 23.1 Å². The van der Waals surface area contributed by atoms with Gasteiger partial charge < -0.3 is 4.90 Å². The van der Waals surface area contributed by atoms with Crippen molar-refractivity contribution in [2.75, 3.05) is 18.0 Å². The molecule has 1 aliphatic heterocycles. The zero-order chi connectivity index (χ0) is 19.0. The first-order valence-electron chi connectivity index (χ1n) is 9.98. The van der Waals surface area contributed by atoms with Gasteiger partial charge in [0.15, 0.2) is 0 Å². The summed E-state index contributed by atoms with van der Waals surface area (Å²) in [4.78, 5) is 12.0. The third kappa shape index (κ3) is 6.30. The average Bonchev–Trinajstić information content (AvgIpc) is 3.52. The first-order chi connectivity index (χ1) is 13.9. The molecule has 0 bridgehead atoms. The molecule has 146 valence electrons. The molecular weight excluding hydrogens is 398 g/mol. The van der Waals surface area contributed by atoms with Crippen molar-refractivity contribution < 1.29 is 17.1 Å². The van der Waals surface area contributed by atoms with Gasteiger partial charge in [-0.1, -0.05) is 30.3 Å². The van der Waals surface area contributed by atoms with Crippen molar-refractivity contribution in [1.29, 1.82) is 0 Å². The van der Waals surface area contributed by atoms with Gasteiger partial charge in [-0.3, -0.25) is 0 Å². The molecule has 4 heteroatoms. The molecule has 0 N–H and O–H groups in total. The van der Waals surface area contributed by atoms with Crippen LogP contribution in [0.4, 0.5) is 5.95 Å². The molecule has 1 aromatic heterocycles. The summed E-state index contributed by atoms with van der Waals surface area (Å²) in [6.45, 7) is 2.11. The molecule has 3 fully saturated rings. The van der Waals surface area contributed by atoms with Gasteiger partial charge in [0.1, 0.15) is 0 Å². The summed E-state index contributed by atoms with van der Waals surface area (Å²) >= 11 is 0. The first kappa shape index (κ1) is 22.3. The zero-order valence-corrected chi connectivity index (χ0v) is 17.5. The number of rotatable bonds is 3. The molecule has 0 atom stereocenters. The normalized spacial score (nSPS) is 19.4. The molecule has 0 spiro atoms. The van der Waals surface area contributed by atoms with Crippen LogP contribution in [0.2, 0.25) is 0 Å². The Balaban J connectivity index is 0.000000352. The van der Waals surface area contributed by atoms with Gasteiger partial charge in [-0.05, 0) is 83.1 Å². The maximum atomic E-state index is 4.85. The Kier molecular flexibility index (Phi) is 9.01. The zero-order valence-electron chi connectivity index (χ0n) is 16.4. The van der Waals surface area contributed by atoms with E-state index in [1.165, 1.54) is 19.3 Å². The molecule has 5 rings (SSSR count). The van der Waals surface area contributed by atoms with Crippen molar-refractivity contribution in [3.05, 3.63) is 106 Å². The van der Waals surface area contributed by atoms with Gasteiger partial charge in [-0.25, -0.2) is 9.97 Å². The number of nitrogens with zero attached hydrogens (tertiary/aromatic N) is 3. The standard InChI is InChI=1S/C20H20N3.C5H5.Fe/c1-3-9-16(10-4-1)18-15-19(17-11-5-6-12-17)22-20(21-18)23-13-7-2-8-14-23;1-2-4-5-3-1;/h1,3-6,9-12,15H,2,7-8,13-14H2;1-5H;/q;;+2. The quantitative estimate of drug-likeness (QED) is 0.658. The van der Waals surface area contributed by atoms with Gasteiger partial charge in [-0.2, -0.15) is 0 Å². The van der Waals surface area contributed by atoms with Crippen LogP contribution in [0.15, 0.2) is 36.4 Å². The van der Waals surface area contributed by atoms with Crippen LogP contribution in [0.1, 0.15) is 25.0 Å². The molecule has 1 saturated heterocycles. The van der Waals surface area contributed by atoms with E-state index in [1.807, 2.05) is 38.2 Å². The molecule has 2 saturated carbocycles. The second kappa shape index (κ2) is 11.7. The largest absolute Gasteiger partial charge is 2.00 e. The molecule has 3 aliphatic rings. The van der Waals surface area contributed by atoms with E-state index in [-0.39, 0.29) is 17.1 Å². The summed E-state index contributed by atoms with van der Waals surface area (Å²) in [6.07, 6.45) is 22.1. The van der Waals surface area contributed by atoms with Gasteiger partial charge in [-0.15, -0.1) is 0 Å². The Hall–Kier alpha value is -1.38. The summed E-state index contributed by atoms with van der Waals surface area (Å²) in [5.41, 5.74) is 3.14. The van der Waals surface area contributed by atoms with E-state index in [0.717, 1.165) is 41.9 Å². The van der Waals surface area contributed by atoms with E-state index >= 15 is 0 Å². The van der Waals surface area contributed by atoms with E-state index in [0.29, 0.717) is 0 Å². The monoisotopic (exact) mass is 423 g/mol. The Morgan fingerprint density at radius 1 is 0.655 bits per heavy atom. The number of anilines is 1. The Labute approximate surface area is 187 Å². The van der Waals surface area contributed by atoms with E-state index < -0.39 is 0 Å². The molecule has 2 heterocycles. The number of hydrogen-bond donors (Lipinski definition) is 0. The minimum atomic E-state index is 0. The van der Waals surface area contributed by atoms with Crippen molar-refractivity contribution in [3.63, 3.8) is 0 Å². The predicted octanol–water partition coefficient (Wildman–Crippen LogP) is 4.91. The minimum absolute atomic E-state index is 0. The Morgan fingerprint density at radius 2 is 1.24 bits per heavy atom. The van der Waals surface area contributed by atoms with Crippen LogP contribution in [-0.2, 0) is 17.1 Å². The molecule has 1 aromatic carbocycles. The number of piperidine rings is 1. The summed E-state index contributed by atoms with van der Waals surface area (Å²) in [5, 5.41) is 0. The van der Waals surface area contributed by atoms with Crippen LogP contribution < -0.4 is 4.90 Å². The smallest absolute Gasteiger partial charge is 0.341 e. The second-order valence-corrected chi connectivity index (χ2v) is 6.99. The summed E-state index contributed by atoms with van der Waals surface area (Å²) in [5.74, 6) is 2.02. The summed E-state index contributed by atoms with van der Waals surface area (Å²) in [7, 11) is 0. The molecule has 2 aliphatic carbocycles. The van der Waals surface area contributed by atoms with Crippen molar-refractivity contribution in [2.45, 2.75) is 19.3 Å². The van der Waals surface area contributed by atoms with Gasteiger partial charge in [0, 0.05) is 24.6 Å². The van der Waals surface area contributed by atoms with Crippen LogP contribution in [0, 0.1) is 63.7 Å². The maximum absolute atomic E-state index is 4.85. The van der Waals surface area contributed by atoms with Gasteiger partial charge in [0.2, 0.25) is 5.95 Å². The summed E-state index contributed by atoms with van der Waals surface area (Å²) in [6, 6.07) is 12.5. The minimum Gasteiger partial charge on any atom is -0.341 e. The second-order valence-electron chi connectivity index (χ2n) is 6.99. The number of benzene rings is 1. The van der Waals surface area contributed by atoms with E-state index in [2.05, 4.69) is 60.9 Å². The Bertz CT molecular complexity index is 710. The topological polar surface area (TPSA) is 29.0 Å². The van der Waals surface area contributed by atoms with Gasteiger partial charge >= 0.3 is 17.1 Å². The van der Waals surface area contributed by atoms with E-state index in [9.17, 15) is 0 Å². The SMILES string of the molecule is [CH]1[CH][CH][CH][CH]1.[CH]1[CH][CH][C](c2cc(-c3ccccc3)nc(N3CCCCC3)n2)[CH]1.[Fe+2]. The van der Waals surface area contributed by atoms with Crippen molar-refractivity contribution in [3.8, 4) is 11.3 Å². The maximum Gasteiger partial charge on any atom is 2.00 e. The van der Waals surface area contributed by atoms with Gasteiger partial charge in [0.25, 0.3) is 0 Å². The molecule has 3 nitrogen and oxygen atoms in total. The molecule has 10 radical (unpaired) electrons. The van der Waals surface area contributed by atoms with Crippen LogP contribution in [0.25, 0.3) is 11.3 Å². The van der Waals surface area contributed by atoms with Crippen LogP contribution in [0.3, 0.4) is 0 Å². The summed E-state index contributed by atoms with van der Waals surface area (Å²) < 4.78 is 0. The van der Waals surface area contributed by atoms with Crippen molar-refractivity contribution >= 4 is 5.95 Å². The fourth-order valence-corrected chi connectivity index (χ4v) is 3.44. The first-order valence-corrected chi connectivity index (χ1v) is 9.98.